The van der Waals surface area contributed by atoms with Gasteiger partial charge in [0.15, 0.2) is 6.04 Å². The Labute approximate surface area is 186 Å². The summed E-state index contributed by atoms with van der Waals surface area (Å²) < 4.78 is 10.8. The molecule has 1 aromatic rings. The molecule has 1 aromatic carbocycles. The van der Waals surface area contributed by atoms with Gasteiger partial charge in [-0.3, -0.25) is 10.1 Å². The predicted molar refractivity (Wildman–Crippen MR) is 113 cm³/mol. The average Bonchev–Trinajstić information content (AvgIpc) is 3.32. The molecule has 3 rings (SSSR count). The third kappa shape index (κ3) is 5.53. The van der Waals surface area contributed by atoms with E-state index in [-0.39, 0.29) is 27.9 Å². The molecule has 0 unspecified atom stereocenters. The van der Waals surface area contributed by atoms with Crippen molar-refractivity contribution in [3.63, 3.8) is 0 Å². The molecule has 1 N–H and O–H groups in total. The molecule has 10 nitrogen and oxygen atoms in total. The number of nitro groups is 1. The lowest BCUT2D eigenvalue weighted by molar-refractivity contribution is -0.776. The smallest absolute Gasteiger partial charge is 0.408 e. The number of rotatable bonds is 7. The van der Waals surface area contributed by atoms with Gasteiger partial charge in [-0.1, -0.05) is 0 Å². The van der Waals surface area contributed by atoms with E-state index >= 15 is 0 Å². The number of alkyl carbamates (subject to hydrolysis) is 1. The number of quaternary nitrogens is 1. The van der Waals surface area contributed by atoms with Crippen molar-refractivity contribution in [2.45, 2.75) is 51.7 Å². The Morgan fingerprint density at radius 2 is 1.91 bits per heavy atom. The summed E-state index contributed by atoms with van der Waals surface area (Å²) in [5.74, 6) is 0.0235. The first kappa shape index (κ1) is 23.5. The summed E-state index contributed by atoms with van der Waals surface area (Å²) in [4.78, 5) is 36.1. The molecular formula is C22H29N4O6+. The second kappa shape index (κ2) is 9.12. The zero-order valence-electron chi connectivity index (χ0n) is 18.6. The lowest BCUT2D eigenvalue weighted by atomic mass is 10.1. The highest BCUT2D eigenvalue weighted by molar-refractivity contribution is 5.82. The van der Waals surface area contributed by atoms with Gasteiger partial charge < -0.3 is 14.8 Å². The van der Waals surface area contributed by atoms with E-state index < -0.39 is 22.7 Å². The fourth-order valence-electron chi connectivity index (χ4n) is 4.04. The monoisotopic (exact) mass is 445 g/mol. The molecule has 1 saturated heterocycles. The van der Waals surface area contributed by atoms with Gasteiger partial charge in [-0.2, -0.15) is 4.48 Å². The number of ether oxygens (including phenoxy) is 2. The Bertz CT molecular complexity index is 912. The lowest BCUT2D eigenvalue weighted by Gasteiger charge is -2.28. The van der Waals surface area contributed by atoms with Crippen molar-refractivity contribution < 1.29 is 28.5 Å². The molecule has 0 radical (unpaired) electrons. The quantitative estimate of drug-likeness (QED) is 0.295. The third-order valence-electron chi connectivity index (χ3n) is 5.80. The van der Waals surface area contributed by atoms with E-state index in [9.17, 15) is 25.0 Å². The van der Waals surface area contributed by atoms with Crippen LogP contribution in [0.5, 0.6) is 5.75 Å². The van der Waals surface area contributed by atoms with Crippen LogP contribution in [0, 0.1) is 33.4 Å². The van der Waals surface area contributed by atoms with Gasteiger partial charge in [0, 0.05) is 25.0 Å². The molecule has 2 fully saturated rings. The number of hydrogen-bond donors (Lipinski definition) is 1. The molecule has 10 heteroatoms. The van der Waals surface area contributed by atoms with Crippen LogP contribution in [0.1, 0.15) is 40.0 Å². The van der Waals surface area contributed by atoms with Crippen molar-refractivity contribution in [2.75, 3.05) is 19.7 Å². The van der Waals surface area contributed by atoms with Gasteiger partial charge in [-0.05, 0) is 51.2 Å². The van der Waals surface area contributed by atoms with Crippen molar-refractivity contribution in [1.82, 2.24) is 5.32 Å². The molecule has 32 heavy (non-hydrogen) atoms. The van der Waals surface area contributed by atoms with Gasteiger partial charge >= 0.3 is 18.2 Å². The molecule has 2 aliphatic rings. The molecule has 1 aliphatic heterocycles. The molecule has 3 atom stereocenters. The summed E-state index contributed by atoms with van der Waals surface area (Å²) in [6, 6.07) is 4.94. The van der Waals surface area contributed by atoms with Gasteiger partial charge in [0.05, 0.1) is 11.5 Å². The first-order chi connectivity index (χ1) is 15.0. The highest BCUT2D eigenvalue weighted by Gasteiger charge is 2.55. The number of nitro benzene ring substituents is 1. The Morgan fingerprint density at radius 3 is 2.44 bits per heavy atom. The van der Waals surface area contributed by atoms with Crippen LogP contribution >= 0.6 is 0 Å². The molecule has 172 valence electrons. The molecule has 1 saturated carbocycles. The molecule has 1 aliphatic carbocycles. The summed E-state index contributed by atoms with van der Waals surface area (Å²) in [7, 11) is 0. The summed E-state index contributed by atoms with van der Waals surface area (Å²) in [5.41, 5.74) is -0.737. The van der Waals surface area contributed by atoms with Crippen LogP contribution < -0.4 is 10.1 Å². The number of carbonyl (C=O) groups excluding carboxylic acids is 2. The van der Waals surface area contributed by atoms with Gasteiger partial charge in [-0.25, -0.2) is 9.59 Å². The maximum atomic E-state index is 13.4. The van der Waals surface area contributed by atoms with E-state index in [1.54, 1.807) is 20.8 Å². The average molecular weight is 445 g/mol. The number of amides is 2. The van der Waals surface area contributed by atoms with Crippen molar-refractivity contribution in [1.29, 1.82) is 5.26 Å². The van der Waals surface area contributed by atoms with Crippen LogP contribution in [0.2, 0.25) is 0 Å². The van der Waals surface area contributed by atoms with Crippen molar-refractivity contribution in [3.05, 3.63) is 34.4 Å². The van der Waals surface area contributed by atoms with Gasteiger partial charge in [0.1, 0.15) is 24.4 Å². The minimum absolute atomic E-state index is 0.00965. The van der Waals surface area contributed by atoms with Crippen LogP contribution in [0.25, 0.3) is 0 Å². The Hall–Kier alpha value is -3.19. The van der Waals surface area contributed by atoms with Crippen LogP contribution in [0.4, 0.5) is 10.5 Å². The molecule has 0 bridgehead atoms. The van der Waals surface area contributed by atoms with Crippen LogP contribution in [0.3, 0.4) is 0 Å². The van der Waals surface area contributed by atoms with Crippen LogP contribution in [-0.4, -0.2) is 52.7 Å². The summed E-state index contributed by atoms with van der Waals surface area (Å²) in [5, 5.41) is 23.2. The number of nitriles is 1. The zero-order chi connectivity index (χ0) is 23.5. The van der Waals surface area contributed by atoms with Crippen molar-refractivity contribution in [2.24, 2.45) is 11.8 Å². The number of non-ortho nitro benzene ring substituents is 1. The highest BCUT2D eigenvalue weighted by atomic mass is 16.6. The first-order valence-corrected chi connectivity index (χ1v) is 10.7. The number of nitrogens with zero attached hydrogens (tertiary/aromatic N) is 3. The predicted octanol–water partition coefficient (Wildman–Crippen LogP) is 3.12. The number of hydrogen-bond acceptors (Lipinski definition) is 7. The number of carbonyl (C=O) groups is 2. The van der Waals surface area contributed by atoms with Crippen LogP contribution in [0.15, 0.2) is 24.3 Å². The summed E-state index contributed by atoms with van der Waals surface area (Å²) in [6.07, 6.45) is 3.70. The molecule has 0 aromatic heterocycles. The summed E-state index contributed by atoms with van der Waals surface area (Å²) in [6.45, 7) is 6.41. The SMILES string of the molecule is CC(C)(C)OC(=O)N[C@H](C(=O)[N+]1(C#N)CCCC1)[C@@H]1C[C@H]1COc1ccc([N+](=O)[O-])cc1. The van der Waals surface area contributed by atoms with E-state index in [1.165, 1.54) is 24.3 Å². The Morgan fingerprint density at radius 1 is 1.28 bits per heavy atom. The highest BCUT2D eigenvalue weighted by Crippen LogP contribution is 2.43. The van der Waals surface area contributed by atoms with E-state index in [2.05, 4.69) is 11.5 Å². The second-order valence-corrected chi connectivity index (χ2v) is 9.41. The van der Waals surface area contributed by atoms with E-state index in [0.717, 1.165) is 12.8 Å². The maximum Gasteiger partial charge on any atom is 0.408 e. The molecule has 2 amide bonds. The first-order valence-electron chi connectivity index (χ1n) is 10.7. The Balaban J connectivity index is 1.67. The minimum atomic E-state index is -0.840. The maximum absolute atomic E-state index is 13.4. The number of likely N-dealkylation sites (tertiary alicyclic amines) is 1. The van der Waals surface area contributed by atoms with Crippen molar-refractivity contribution in [3.8, 4) is 11.9 Å². The zero-order valence-corrected chi connectivity index (χ0v) is 18.6. The normalized spacial score (nSPS) is 22.3. The standard InChI is InChI=1S/C22H28N4O6/c1-22(2,3)32-21(28)24-19(20(27)26(14-23)10-4-5-11-26)18-12-15(18)13-31-17-8-6-16(7-9-17)25(29)30/h6-9,15,18-19H,4-5,10-13H2,1-3H3/p+1/t15-,18+,19-/m0/s1. The second-order valence-electron chi connectivity index (χ2n) is 9.41. The molecule has 1 heterocycles. The molecular weight excluding hydrogens is 416 g/mol. The fraction of sp³-hybridized carbons (Fsp3) is 0.591. The van der Waals surface area contributed by atoms with Gasteiger partial charge in [-0.15, -0.1) is 5.26 Å². The number of benzene rings is 1. The van der Waals surface area contributed by atoms with E-state index in [4.69, 9.17) is 9.47 Å². The van der Waals surface area contributed by atoms with Gasteiger partial charge in [0.2, 0.25) is 0 Å². The minimum Gasteiger partial charge on any atom is -0.493 e. The van der Waals surface area contributed by atoms with Crippen molar-refractivity contribution >= 4 is 17.7 Å². The third-order valence-corrected chi connectivity index (χ3v) is 5.80. The van der Waals surface area contributed by atoms with E-state index in [0.29, 0.717) is 31.9 Å². The fourth-order valence-corrected chi connectivity index (χ4v) is 4.04. The van der Waals surface area contributed by atoms with Gasteiger partial charge in [0.25, 0.3) is 5.69 Å². The molecule has 0 spiro atoms. The van der Waals surface area contributed by atoms with Crippen LogP contribution in [-0.2, 0) is 9.53 Å². The van der Waals surface area contributed by atoms with E-state index in [1.807, 2.05) is 0 Å². The number of nitrogens with one attached hydrogen (secondary N) is 1. The lowest BCUT2D eigenvalue weighted by Crippen LogP contribution is -2.58. The summed E-state index contributed by atoms with van der Waals surface area (Å²) >= 11 is 0. The largest absolute Gasteiger partial charge is 0.493 e. The Kier molecular flexibility index (Phi) is 6.69. The topological polar surface area (TPSA) is 132 Å².